The number of benzene rings is 1. The smallest absolute Gasteiger partial charge is 0.316 e. The molecule has 1 atom stereocenters. The molecule has 2 aromatic rings. The Bertz CT molecular complexity index is 670. The van der Waals surface area contributed by atoms with Crippen LogP contribution in [0.15, 0.2) is 42.6 Å². The summed E-state index contributed by atoms with van der Waals surface area (Å²) in [5.74, 6) is 1.25. The number of pyridine rings is 1. The van der Waals surface area contributed by atoms with Crippen LogP contribution >= 0.6 is 24.0 Å². The predicted molar refractivity (Wildman–Crippen MR) is 105 cm³/mol. The zero-order chi connectivity index (χ0) is 16.8. The molecule has 1 aliphatic heterocycles. The third-order valence-corrected chi connectivity index (χ3v) is 4.41. The summed E-state index contributed by atoms with van der Waals surface area (Å²) in [5, 5.41) is 9.39. The largest absolute Gasteiger partial charge is 0.324 e. The van der Waals surface area contributed by atoms with Crippen molar-refractivity contribution in [2.45, 2.75) is 19.3 Å². The van der Waals surface area contributed by atoms with Crippen molar-refractivity contribution >= 4 is 41.5 Å². The lowest BCUT2D eigenvalue weighted by Gasteiger charge is -2.10. The molecule has 3 rings (SSSR count). The molecule has 134 valence electrons. The van der Waals surface area contributed by atoms with E-state index in [9.17, 15) is 4.79 Å². The van der Waals surface area contributed by atoms with Crippen molar-refractivity contribution < 1.29 is 4.79 Å². The first kappa shape index (κ1) is 19.5. The lowest BCUT2D eigenvalue weighted by Crippen LogP contribution is -2.19. The summed E-state index contributed by atoms with van der Waals surface area (Å²) in [6.07, 6.45) is 5.06. The van der Waals surface area contributed by atoms with Crippen molar-refractivity contribution in [3.8, 4) is 0 Å². The zero-order valence-electron chi connectivity index (χ0n) is 13.8. The van der Waals surface area contributed by atoms with Crippen molar-refractivity contribution in [3.63, 3.8) is 0 Å². The fraction of sp³-hybridized carbons (Fsp3) is 0.333. The van der Waals surface area contributed by atoms with E-state index >= 15 is 0 Å². The Morgan fingerprint density at radius 3 is 2.64 bits per heavy atom. The number of aryl methyl sites for hydroxylation is 1. The van der Waals surface area contributed by atoms with Crippen LogP contribution < -0.4 is 16.0 Å². The normalized spacial score (nSPS) is 16.1. The average Bonchev–Trinajstić information content (AvgIpc) is 3.10. The number of nitrogens with zero attached hydrogens (tertiary/aromatic N) is 1. The van der Waals surface area contributed by atoms with Crippen LogP contribution in [-0.2, 0) is 6.42 Å². The van der Waals surface area contributed by atoms with Gasteiger partial charge in [-0.2, -0.15) is 0 Å². The van der Waals surface area contributed by atoms with Crippen LogP contribution in [-0.4, -0.2) is 24.1 Å². The van der Waals surface area contributed by atoms with Gasteiger partial charge in [-0.15, -0.1) is 12.4 Å². The van der Waals surface area contributed by atoms with Crippen LogP contribution in [0.4, 0.5) is 16.3 Å². The first-order valence-corrected chi connectivity index (χ1v) is 8.56. The second-order valence-electron chi connectivity index (χ2n) is 6.04. The number of nitrogens with one attached hydrogen (secondary N) is 3. The SMILES string of the molecule is Cl.O=C(Nc1ccc(CCC2CCNC2)cc1)Nc1ccc(Cl)cn1. The van der Waals surface area contributed by atoms with E-state index in [1.807, 2.05) is 12.1 Å². The molecule has 2 heterocycles. The maximum Gasteiger partial charge on any atom is 0.324 e. The van der Waals surface area contributed by atoms with Gasteiger partial charge in [-0.1, -0.05) is 23.7 Å². The Morgan fingerprint density at radius 2 is 2.00 bits per heavy atom. The van der Waals surface area contributed by atoms with E-state index in [2.05, 4.69) is 33.1 Å². The van der Waals surface area contributed by atoms with Gasteiger partial charge in [0.25, 0.3) is 0 Å². The molecule has 25 heavy (non-hydrogen) atoms. The molecule has 0 radical (unpaired) electrons. The third-order valence-electron chi connectivity index (χ3n) is 4.18. The van der Waals surface area contributed by atoms with E-state index in [4.69, 9.17) is 11.6 Å². The highest BCUT2D eigenvalue weighted by molar-refractivity contribution is 6.30. The van der Waals surface area contributed by atoms with E-state index in [1.54, 1.807) is 12.1 Å². The summed E-state index contributed by atoms with van der Waals surface area (Å²) in [6.45, 7) is 2.28. The van der Waals surface area contributed by atoms with Crippen LogP contribution in [0.2, 0.25) is 5.02 Å². The molecule has 5 nitrogen and oxygen atoms in total. The van der Waals surface area contributed by atoms with Crippen LogP contribution in [0, 0.1) is 5.92 Å². The molecular formula is C18H22Cl2N4O. The van der Waals surface area contributed by atoms with Crippen molar-refractivity contribution in [2.75, 3.05) is 23.7 Å². The number of anilines is 2. The zero-order valence-corrected chi connectivity index (χ0v) is 15.4. The molecule has 1 saturated heterocycles. The number of carbonyl (C=O) groups excluding carboxylic acids is 1. The molecule has 0 bridgehead atoms. The Kier molecular flexibility index (Phi) is 7.50. The van der Waals surface area contributed by atoms with E-state index in [0.717, 1.165) is 31.1 Å². The van der Waals surface area contributed by atoms with E-state index in [-0.39, 0.29) is 18.4 Å². The fourth-order valence-electron chi connectivity index (χ4n) is 2.81. The number of halogens is 2. The van der Waals surface area contributed by atoms with E-state index < -0.39 is 0 Å². The van der Waals surface area contributed by atoms with Gasteiger partial charge in [-0.25, -0.2) is 9.78 Å². The second-order valence-corrected chi connectivity index (χ2v) is 6.47. The molecule has 0 saturated carbocycles. The number of urea groups is 1. The highest BCUT2D eigenvalue weighted by Crippen LogP contribution is 2.17. The second kappa shape index (κ2) is 9.61. The topological polar surface area (TPSA) is 66.1 Å². The summed E-state index contributed by atoms with van der Waals surface area (Å²) in [5.41, 5.74) is 2.06. The Labute approximate surface area is 159 Å². The molecular weight excluding hydrogens is 359 g/mol. The van der Waals surface area contributed by atoms with Gasteiger partial charge in [-0.3, -0.25) is 5.32 Å². The summed E-state index contributed by atoms with van der Waals surface area (Å²) >= 11 is 5.77. The van der Waals surface area contributed by atoms with Gasteiger partial charge in [0, 0.05) is 11.9 Å². The monoisotopic (exact) mass is 380 g/mol. The van der Waals surface area contributed by atoms with E-state index in [1.165, 1.54) is 24.6 Å². The number of hydrogen-bond donors (Lipinski definition) is 3. The number of hydrogen-bond acceptors (Lipinski definition) is 3. The van der Waals surface area contributed by atoms with Gasteiger partial charge in [-0.05, 0) is 68.1 Å². The molecule has 1 aromatic carbocycles. The minimum atomic E-state index is -0.324. The van der Waals surface area contributed by atoms with Gasteiger partial charge in [0.2, 0.25) is 0 Å². The molecule has 1 aromatic heterocycles. The van der Waals surface area contributed by atoms with Gasteiger partial charge < -0.3 is 10.6 Å². The van der Waals surface area contributed by atoms with Gasteiger partial charge in [0.15, 0.2) is 0 Å². The van der Waals surface area contributed by atoms with Crippen LogP contribution in [0.25, 0.3) is 0 Å². The number of rotatable bonds is 5. The first-order valence-electron chi connectivity index (χ1n) is 8.18. The van der Waals surface area contributed by atoms with Crippen molar-refractivity contribution in [2.24, 2.45) is 5.92 Å². The van der Waals surface area contributed by atoms with Crippen molar-refractivity contribution in [1.29, 1.82) is 0 Å². The molecule has 0 aliphatic carbocycles. The van der Waals surface area contributed by atoms with Crippen LogP contribution in [0.3, 0.4) is 0 Å². The summed E-state index contributed by atoms with van der Waals surface area (Å²) in [7, 11) is 0. The standard InChI is InChI=1S/C18H21ClN4O.ClH/c19-15-5-8-17(21-12-15)23-18(24)22-16-6-3-13(4-7-16)1-2-14-9-10-20-11-14;/h3-8,12,14,20H,1-2,9-11H2,(H2,21,22,23,24);1H. The van der Waals surface area contributed by atoms with Gasteiger partial charge in [0.05, 0.1) is 5.02 Å². The van der Waals surface area contributed by atoms with E-state index in [0.29, 0.717) is 10.8 Å². The summed E-state index contributed by atoms with van der Waals surface area (Å²) in [4.78, 5) is 16.0. The third kappa shape index (κ3) is 6.20. The lowest BCUT2D eigenvalue weighted by atomic mass is 9.99. The molecule has 1 aliphatic rings. The van der Waals surface area contributed by atoms with Gasteiger partial charge in [0.1, 0.15) is 5.82 Å². The predicted octanol–water partition coefficient (Wildman–Crippen LogP) is 4.34. The van der Waals surface area contributed by atoms with Gasteiger partial charge >= 0.3 is 6.03 Å². The molecule has 3 N–H and O–H groups in total. The van der Waals surface area contributed by atoms with Crippen LogP contribution in [0.5, 0.6) is 0 Å². The lowest BCUT2D eigenvalue weighted by molar-refractivity contribution is 0.262. The number of aromatic nitrogens is 1. The Balaban J connectivity index is 0.00000225. The van der Waals surface area contributed by atoms with Crippen molar-refractivity contribution in [3.05, 3.63) is 53.2 Å². The molecule has 2 amide bonds. The first-order chi connectivity index (χ1) is 11.7. The minimum Gasteiger partial charge on any atom is -0.316 e. The summed E-state index contributed by atoms with van der Waals surface area (Å²) < 4.78 is 0. The van der Waals surface area contributed by atoms with Crippen molar-refractivity contribution in [1.82, 2.24) is 10.3 Å². The maximum atomic E-state index is 11.9. The average molecular weight is 381 g/mol. The number of carbonyl (C=O) groups is 1. The molecule has 1 unspecified atom stereocenters. The Morgan fingerprint density at radius 1 is 1.20 bits per heavy atom. The number of amides is 2. The highest BCUT2D eigenvalue weighted by atomic mass is 35.5. The van der Waals surface area contributed by atoms with Crippen LogP contribution in [0.1, 0.15) is 18.4 Å². The highest BCUT2D eigenvalue weighted by Gasteiger charge is 2.13. The fourth-order valence-corrected chi connectivity index (χ4v) is 2.93. The minimum absolute atomic E-state index is 0. The maximum absolute atomic E-state index is 11.9. The molecule has 7 heteroatoms. The summed E-state index contributed by atoms with van der Waals surface area (Å²) in [6, 6.07) is 11.0. The molecule has 0 spiro atoms. The molecule has 1 fully saturated rings. The quantitative estimate of drug-likeness (QED) is 0.722. The Hall–Kier alpha value is -1.82.